The predicted molar refractivity (Wildman–Crippen MR) is 70.8 cm³/mol. The van der Waals surface area contributed by atoms with Crippen molar-refractivity contribution in [2.75, 3.05) is 20.2 Å². The van der Waals surface area contributed by atoms with Crippen molar-refractivity contribution in [2.24, 2.45) is 0 Å². The molecule has 0 saturated heterocycles. The molecule has 1 amide bonds. The SMILES string of the molecule is CCOC(=O)CCN(C)C(=O)c1cc(C)nn1CC. The third-order valence-corrected chi connectivity index (χ3v) is 2.72. The van der Waals surface area contributed by atoms with Gasteiger partial charge in [0.15, 0.2) is 0 Å². The standard InChI is InChI=1S/C13H21N3O3/c1-5-16-11(9-10(3)14-16)13(18)15(4)8-7-12(17)19-6-2/h9H,5-8H2,1-4H3. The smallest absolute Gasteiger partial charge is 0.307 e. The molecule has 1 rings (SSSR count). The quantitative estimate of drug-likeness (QED) is 0.727. The zero-order valence-corrected chi connectivity index (χ0v) is 12.0. The van der Waals surface area contributed by atoms with Gasteiger partial charge in [0.1, 0.15) is 5.69 Å². The average molecular weight is 267 g/mol. The molecule has 0 aliphatic heterocycles. The molecule has 0 aromatic carbocycles. The van der Waals surface area contributed by atoms with Crippen molar-refractivity contribution >= 4 is 11.9 Å². The minimum absolute atomic E-state index is 0.133. The lowest BCUT2D eigenvalue weighted by Gasteiger charge is -2.16. The molecule has 1 heterocycles. The van der Waals surface area contributed by atoms with Crippen LogP contribution < -0.4 is 0 Å². The summed E-state index contributed by atoms with van der Waals surface area (Å²) in [6.07, 6.45) is 0.204. The van der Waals surface area contributed by atoms with Crippen LogP contribution in [-0.2, 0) is 16.1 Å². The van der Waals surface area contributed by atoms with Gasteiger partial charge in [-0.15, -0.1) is 0 Å². The molecule has 0 radical (unpaired) electrons. The molecule has 0 fully saturated rings. The minimum atomic E-state index is -0.290. The highest BCUT2D eigenvalue weighted by atomic mass is 16.5. The van der Waals surface area contributed by atoms with Crippen LogP contribution in [0.4, 0.5) is 0 Å². The van der Waals surface area contributed by atoms with Crippen LogP contribution in [0.25, 0.3) is 0 Å². The van der Waals surface area contributed by atoms with Crippen molar-refractivity contribution in [3.63, 3.8) is 0 Å². The minimum Gasteiger partial charge on any atom is -0.466 e. The van der Waals surface area contributed by atoms with E-state index in [2.05, 4.69) is 5.10 Å². The van der Waals surface area contributed by atoms with Crippen LogP contribution in [0.2, 0.25) is 0 Å². The van der Waals surface area contributed by atoms with Crippen LogP contribution in [0.1, 0.15) is 36.5 Å². The van der Waals surface area contributed by atoms with Gasteiger partial charge in [0.05, 0.1) is 18.7 Å². The van der Waals surface area contributed by atoms with E-state index in [1.54, 1.807) is 24.7 Å². The number of rotatable bonds is 6. The second-order valence-corrected chi connectivity index (χ2v) is 4.27. The average Bonchev–Trinajstić information content (AvgIpc) is 2.76. The van der Waals surface area contributed by atoms with Gasteiger partial charge in [-0.2, -0.15) is 5.10 Å². The number of hydrogen-bond donors (Lipinski definition) is 0. The summed E-state index contributed by atoms with van der Waals surface area (Å²) in [5.74, 6) is -0.422. The van der Waals surface area contributed by atoms with Crippen molar-refractivity contribution < 1.29 is 14.3 Å². The van der Waals surface area contributed by atoms with Gasteiger partial charge in [-0.3, -0.25) is 14.3 Å². The number of aryl methyl sites for hydroxylation is 2. The number of carbonyl (C=O) groups excluding carboxylic acids is 2. The van der Waals surface area contributed by atoms with E-state index in [0.29, 0.717) is 25.4 Å². The number of nitrogens with zero attached hydrogens (tertiary/aromatic N) is 3. The molecule has 6 heteroatoms. The number of aromatic nitrogens is 2. The monoisotopic (exact) mass is 267 g/mol. The van der Waals surface area contributed by atoms with Crippen LogP contribution in [0, 0.1) is 6.92 Å². The van der Waals surface area contributed by atoms with Gasteiger partial charge in [0.25, 0.3) is 5.91 Å². The lowest BCUT2D eigenvalue weighted by atomic mass is 10.3. The molecule has 0 atom stereocenters. The Hall–Kier alpha value is -1.85. The highest BCUT2D eigenvalue weighted by Crippen LogP contribution is 2.07. The summed E-state index contributed by atoms with van der Waals surface area (Å²) in [5, 5.41) is 4.23. The van der Waals surface area contributed by atoms with Gasteiger partial charge in [-0.1, -0.05) is 0 Å². The Labute approximate surface area is 113 Å². The summed E-state index contributed by atoms with van der Waals surface area (Å²) >= 11 is 0. The van der Waals surface area contributed by atoms with Crippen molar-refractivity contribution in [1.29, 1.82) is 0 Å². The summed E-state index contributed by atoms with van der Waals surface area (Å²) in [6, 6.07) is 1.76. The van der Waals surface area contributed by atoms with Gasteiger partial charge >= 0.3 is 5.97 Å². The summed E-state index contributed by atoms with van der Waals surface area (Å²) < 4.78 is 6.50. The molecular formula is C13H21N3O3. The van der Waals surface area contributed by atoms with E-state index in [4.69, 9.17) is 4.74 Å². The highest BCUT2D eigenvalue weighted by molar-refractivity contribution is 5.92. The number of hydrogen-bond acceptors (Lipinski definition) is 4. The summed E-state index contributed by atoms with van der Waals surface area (Å²) in [6.45, 7) is 6.88. The van der Waals surface area contributed by atoms with Gasteiger partial charge in [-0.25, -0.2) is 0 Å². The Morgan fingerprint density at radius 1 is 1.42 bits per heavy atom. The van der Waals surface area contributed by atoms with Gasteiger partial charge in [0.2, 0.25) is 0 Å². The molecule has 0 aliphatic rings. The first kappa shape index (κ1) is 15.2. The maximum atomic E-state index is 12.2. The molecule has 0 N–H and O–H groups in total. The maximum Gasteiger partial charge on any atom is 0.307 e. The molecule has 1 aromatic heterocycles. The molecule has 0 bridgehead atoms. The normalized spacial score (nSPS) is 10.3. The Morgan fingerprint density at radius 3 is 2.68 bits per heavy atom. The van der Waals surface area contributed by atoms with Gasteiger partial charge < -0.3 is 9.64 Å². The first-order valence-corrected chi connectivity index (χ1v) is 6.45. The van der Waals surface area contributed by atoms with E-state index in [0.717, 1.165) is 5.69 Å². The van der Waals surface area contributed by atoms with Crippen LogP contribution in [0.15, 0.2) is 6.07 Å². The zero-order valence-electron chi connectivity index (χ0n) is 12.0. The van der Waals surface area contributed by atoms with E-state index in [-0.39, 0.29) is 18.3 Å². The van der Waals surface area contributed by atoms with Gasteiger partial charge in [-0.05, 0) is 26.8 Å². The maximum absolute atomic E-state index is 12.2. The summed E-state index contributed by atoms with van der Waals surface area (Å²) in [7, 11) is 1.67. The molecule has 19 heavy (non-hydrogen) atoms. The lowest BCUT2D eigenvalue weighted by molar-refractivity contribution is -0.143. The Morgan fingerprint density at radius 2 is 2.11 bits per heavy atom. The summed E-state index contributed by atoms with van der Waals surface area (Å²) in [5.41, 5.74) is 1.36. The molecule has 6 nitrogen and oxygen atoms in total. The van der Waals surface area contributed by atoms with E-state index in [9.17, 15) is 9.59 Å². The van der Waals surface area contributed by atoms with Crippen LogP contribution in [-0.4, -0.2) is 46.8 Å². The fraction of sp³-hybridized carbons (Fsp3) is 0.615. The number of esters is 1. The molecule has 1 aromatic rings. The summed E-state index contributed by atoms with van der Waals surface area (Å²) in [4.78, 5) is 25.0. The van der Waals surface area contributed by atoms with Crippen molar-refractivity contribution in [3.05, 3.63) is 17.5 Å². The zero-order chi connectivity index (χ0) is 14.4. The number of amides is 1. The first-order chi connectivity index (χ1) is 8.99. The van der Waals surface area contributed by atoms with Crippen molar-refractivity contribution in [1.82, 2.24) is 14.7 Å². The molecule has 0 aliphatic carbocycles. The number of ether oxygens (including phenoxy) is 1. The Bertz CT molecular complexity index is 454. The third kappa shape index (κ3) is 4.08. The fourth-order valence-corrected chi connectivity index (χ4v) is 1.75. The van der Waals surface area contributed by atoms with E-state index in [1.807, 2.05) is 13.8 Å². The fourth-order valence-electron chi connectivity index (χ4n) is 1.75. The van der Waals surface area contributed by atoms with Crippen molar-refractivity contribution in [2.45, 2.75) is 33.7 Å². The van der Waals surface area contributed by atoms with E-state index >= 15 is 0 Å². The van der Waals surface area contributed by atoms with Crippen molar-refractivity contribution in [3.8, 4) is 0 Å². The van der Waals surface area contributed by atoms with E-state index in [1.165, 1.54) is 4.90 Å². The molecule has 106 valence electrons. The van der Waals surface area contributed by atoms with Crippen LogP contribution in [0.5, 0.6) is 0 Å². The molecule has 0 saturated carbocycles. The second-order valence-electron chi connectivity index (χ2n) is 4.27. The largest absolute Gasteiger partial charge is 0.466 e. The molecular weight excluding hydrogens is 246 g/mol. The van der Waals surface area contributed by atoms with E-state index < -0.39 is 0 Å². The predicted octanol–water partition coefficient (Wildman–Crippen LogP) is 1.24. The second kappa shape index (κ2) is 6.92. The Kier molecular flexibility index (Phi) is 5.54. The number of carbonyl (C=O) groups is 2. The lowest BCUT2D eigenvalue weighted by Crippen LogP contribution is -2.31. The highest BCUT2D eigenvalue weighted by Gasteiger charge is 2.18. The Balaban J connectivity index is 2.63. The van der Waals surface area contributed by atoms with Crippen LogP contribution in [0.3, 0.4) is 0 Å². The van der Waals surface area contributed by atoms with Crippen LogP contribution >= 0.6 is 0 Å². The third-order valence-electron chi connectivity index (χ3n) is 2.72. The molecule has 0 spiro atoms. The topological polar surface area (TPSA) is 64.4 Å². The first-order valence-electron chi connectivity index (χ1n) is 6.45. The van der Waals surface area contributed by atoms with Gasteiger partial charge in [0, 0.05) is 20.1 Å². The molecule has 0 unspecified atom stereocenters.